The number of ether oxygens (including phenoxy) is 2. The van der Waals surface area contributed by atoms with Gasteiger partial charge in [0.2, 0.25) is 0 Å². The second-order valence-corrected chi connectivity index (χ2v) is 8.23. The van der Waals surface area contributed by atoms with Gasteiger partial charge in [-0.1, -0.05) is 101 Å². The van der Waals surface area contributed by atoms with Crippen LogP contribution in [0.3, 0.4) is 0 Å². The summed E-state index contributed by atoms with van der Waals surface area (Å²) in [6.45, 7) is 1.82. The monoisotopic (exact) mass is 459 g/mol. The average Bonchev–Trinajstić information content (AvgIpc) is 2.84. The van der Waals surface area contributed by atoms with Crippen molar-refractivity contribution in [2.75, 3.05) is 13.7 Å². The Morgan fingerprint density at radius 1 is 0.939 bits per heavy atom. The van der Waals surface area contributed by atoms with Crippen LogP contribution < -0.4 is 5.32 Å². The number of hydrogen-bond donors (Lipinski definition) is 2. The number of carbonyl (C=O) groups excluding carboxylic acids is 2. The van der Waals surface area contributed by atoms with Gasteiger partial charge in [0.05, 0.1) is 13.7 Å². The van der Waals surface area contributed by atoms with E-state index in [0.29, 0.717) is 12.0 Å². The largest absolute Gasteiger partial charge is 0.509 e. The molecule has 0 bridgehead atoms. The molecule has 0 aliphatic heterocycles. The molecule has 2 atom stereocenters. The van der Waals surface area contributed by atoms with E-state index in [1.807, 2.05) is 6.07 Å². The van der Waals surface area contributed by atoms with Gasteiger partial charge >= 0.3 is 6.16 Å². The summed E-state index contributed by atoms with van der Waals surface area (Å²) >= 11 is 0. The fourth-order valence-corrected chi connectivity index (χ4v) is 3.47. The van der Waals surface area contributed by atoms with Gasteiger partial charge < -0.3 is 19.9 Å². The van der Waals surface area contributed by atoms with Crippen LogP contribution in [-0.4, -0.2) is 43.0 Å². The first-order valence-electron chi connectivity index (χ1n) is 12.3. The second kappa shape index (κ2) is 19.0. The van der Waals surface area contributed by atoms with Gasteiger partial charge in [0.25, 0.3) is 5.91 Å². The van der Waals surface area contributed by atoms with Gasteiger partial charge in [-0.3, -0.25) is 4.79 Å². The van der Waals surface area contributed by atoms with Crippen molar-refractivity contribution in [3.05, 3.63) is 35.9 Å². The van der Waals surface area contributed by atoms with E-state index in [-0.39, 0.29) is 5.91 Å². The van der Waals surface area contributed by atoms with Crippen LogP contribution in [0.2, 0.25) is 0 Å². The minimum atomic E-state index is -0.997. The van der Waals surface area contributed by atoms with Crippen LogP contribution in [0.25, 0.3) is 0 Å². The summed E-state index contributed by atoms with van der Waals surface area (Å²) in [6, 6.07) is 7.78. The molecular weight excluding hydrogens is 418 g/mol. The van der Waals surface area contributed by atoms with E-state index in [1.165, 1.54) is 64.9 Å². The zero-order chi connectivity index (χ0) is 24.2. The summed E-state index contributed by atoms with van der Waals surface area (Å²) in [5.74, 6) is 5.53. The Labute approximate surface area is 199 Å². The minimum Gasteiger partial charge on any atom is -0.438 e. The van der Waals surface area contributed by atoms with Crippen LogP contribution in [0.5, 0.6) is 0 Å². The Bertz CT molecular complexity index is 710. The number of hydrogen-bond acceptors (Lipinski definition) is 5. The van der Waals surface area contributed by atoms with E-state index < -0.39 is 24.9 Å². The number of methoxy groups -OCH3 is 1. The molecule has 0 aliphatic carbocycles. The Hall–Kier alpha value is -2.52. The zero-order valence-electron chi connectivity index (χ0n) is 20.3. The molecule has 33 heavy (non-hydrogen) atoms. The second-order valence-electron chi connectivity index (χ2n) is 8.23. The molecule has 0 aromatic heterocycles. The highest BCUT2D eigenvalue weighted by molar-refractivity contribution is 5.94. The first kappa shape index (κ1) is 28.5. The lowest BCUT2D eigenvalue weighted by atomic mass is 10.1. The predicted octanol–water partition coefficient (Wildman–Crippen LogP) is 5.63. The van der Waals surface area contributed by atoms with Gasteiger partial charge in [-0.15, -0.1) is 0 Å². The normalized spacial score (nSPS) is 12.2. The summed E-state index contributed by atoms with van der Waals surface area (Å²) in [4.78, 5) is 24.0. The van der Waals surface area contributed by atoms with Gasteiger partial charge in [0.1, 0.15) is 6.04 Å². The van der Waals surface area contributed by atoms with Crippen molar-refractivity contribution in [3.8, 4) is 11.8 Å². The van der Waals surface area contributed by atoms with Gasteiger partial charge in [-0.25, -0.2) is 4.79 Å². The first-order chi connectivity index (χ1) is 16.1. The number of carbonyl (C=O) groups is 2. The molecule has 0 fully saturated rings. The van der Waals surface area contributed by atoms with Crippen LogP contribution >= 0.6 is 0 Å². The van der Waals surface area contributed by atoms with Gasteiger partial charge in [-0.05, 0) is 18.6 Å². The maximum absolute atomic E-state index is 12.4. The standard InChI is InChI=1S/C27H41NO5/c1-3-4-5-6-7-8-9-10-11-12-13-14-18-21-25(33-27(31)32-2)24(22-29)28-26(30)23-19-16-15-17-20-23/h15-17,19-20,24-25,29H,3-14,22H2,1-2H3,(H,28,30)/t24-,25+/m0/s1. The van der Waals surface area contributed by atoms with E-state index in [4.69, 9.17) is 4.74 Å². The molecule has 1 rings (SSSR count). The number of aliphatic hydroxyl groups is 1. The lowest BCUT2D eigenvalue weighted by Crippen LogP contribution is -2.47. The number of amides is 1. The molecule has 2 N–H and O–H groups in total. The Balaban J connectivity index is 2.40. The molecule has 0 heterocycles. The van der Waals surface area contributed by atoms with E-state index in [1.54, 1.807) is 24.3 Å². The van der Waals surface area contributed by atoms with E-state index >= 15 is 0 Å². The fraction of sp³-hybridized carbons (Fsp3) is 0.630. The van der Waals surface area contributed by atoms with Crippen molar-refractivity contribution in [2.45, 2.75) is 96.1 Å². The van der Waals surface area contributed by atoms with Crippen LogP contribution in [0.15, 0.2) is 30.3 Å². The van der Waals surface area contributed by atoms with Crippen LogP contribution in [-0.2, 0) is 9.47 Å². The third kappa shape index (κ3) is 13.6. The van der Waals surface area contributed by atoms with Crippen LogP contribution in [0, 0.1) is 11.8 Å². The topological polar surface area (TPSA) is 84.9 Å². The van der Waals surface area contributed by atoms with Crippen LogP contribution in [0.4, 0.5) is 4.79 Å². The molecule has 184 valence electrons. The Morgan fingerprint density at radius 3 is 2.06 bits per heavy atom. The third-order valence-electron chi connectivity index (χ3n) is 5.45. The first-order valence-corrected chi connectivity index (χ1v) is 12.3. The highest BCUT2D eigenvalue weighted by atomic mass is 16.7. The maximum atomic E-state index is 12.4. The molecule has 1 aromatic carbocycles. The summed E-state index contributed by atoms with van der Waals surface area (Å²) < 4.78 is 9.75. The minimum absolute atomic E-state index is 0.375. The van der Waals surface area contributed by atoms with Crippen molar-refractivity contribution in [3.63, 3.8) is 0 Å². The predicted molar refractivity (Wildman–Crippen MR) is 131 cm³/mol. The smallest absolute Gasteiger partial charge is 0.438 e. The molecular formula is C27H41NO5. The number of aliphatic hydroxyl groups excluding tert-OH is 1. The lowest BCUT2D eigenvalue weighted by molar-refractivity contribution is 0.0327. The molecule has 6 heteroatoms. The quantitative estimate of drug-likeness (QED) is 0.190. The average molecular weight is 460 g/mol. The number of unbranched alkanes of at least 4 members (excludes halogenated alkanes) is 11. The highest BCUT2D eigenvalue weighted by Crippen LogP contribution is 2.12. The molecule has 0 saturated heterocycles. The molecule has 0 saturated carbocycles. The summed E-state index contributed by atoms with van der Waals surface area (Å²) in [6.07, 6.45) is 12.6. The number of benzene rings is 1. The Morgan fingerprint density at radius 2 is 1.52 bits per heavy atom. The molecule has 1 amide bonds. The van der Waals surface area contributed by atoms with E-state index in [9.17, 15) is 14.7 Å². The molecule has 0 aliphatic rings. The molecule has 6 nitrogen and oxygen atoms in total. The van der Waals surface area contributed by atoms with Gasteiger partial charge in [-0.2, -0.15) is 0 Å². The number of rotatable bonds is 16. The van der Waals surface area contributed by atoms with Crippen molar-refractivity contribution in [2.24, 2.45) is 0 Å². The van der Waals surface area contributed by atoms with Gasteiger partial charge in [0.15, 0.2) is 6.10 Å². The summed E-state index contributed by atoms with van der Waals surface area (Å²) in [5.41, 5.74) is 0.446. The van der Waals surface area contributed by atoms with Crippen molar-refractivity contribution in [1.29, 1.82) is 0 Å². The third-order valence-corrected chi connectivity index (χ3v) is 5.45. The summed E-state index contributed by atoms with van der Waals surface area (Å²) in [5, 5.41) is 12.5. The van der Waals surface area contributed by atoms with Crippen molar-refractivity contribution >= 4 is 12.1 Å². The van der Waals surface area contributed by atoms with E-state index in [0.717, 1.165) is 12.8 Å². The zero-order valence-corrected chi connectivity index (χ0v) is 20.3. The lowest BCUT2D eigenvalue weighted by Gasteiger charge is -2.22. The molecule has 1 aromatic rings. The SMILES string of the molecule is CCCCCCCCCCCCCC#C[C@@H](OC(=O)OC)[C@H](CO)NC(=O)c1ccccc1. The molecule has 0 unspecified atom stereocenters. The Kier molecular flexibility index (Phi) is 16.4. The van der Waals surface area contributed by atoms with Crippen LogP contribution in [0.1, 0.15) is 94.3 Å². The van der Waals surface area contributed by atoms with E-state index in [2.05, 4.69) is 28.8 Å². The van der Waals surface area contributed by atoms with Crippen molar-refractivity contribution in [1.82, 2.24) is 5.32 Å². The summed E-state index contributed by atoms with van der Waals surface area (Å²) in [7, 11) is 1.20. The fourth-order valence-electron chi connectivity index (χ4n) is 3.47. The van der Waals surface area contributed by atoms with Crippen molar-refractivity contribution < 1.29 is 24.2 Å². The maximum Gasteiger partial charge on any atom is 0.509 e. The number of nitrogens with one attached hydrogen (secondary N) is 1. The molecule has 0 spiro atoms. The highest BCUT2D eigenvalue weighted by Gasteiger charge is 2.25. The molecule has 0 radical (unpaired) electrons. The van der Waals surface area contributed by atoms with Gasteiger partial charge in [0, 0.05) is 12.0 Å².